The van der Waals surface area contributed by atoms with E-state index >= 15 is 0 Å². The maximum Gasteiger partial charge on any atom is 0.324 e. The number of carbonyl (C=O) groups excluding carboxylic acids is 2. The minimum Gasteiger partial charge on any atom is -0.468 e. The molecule has 1 aliphatic heterocycles. The molecule has 0 radical (unpaired) electrons. The number of benzene rings is 1. The third-order valence-corrected chi connectivity index (χ3v) is 5.40. The van der Waals surface area contributed by atoms with Crippen molar-refractivity contribution in [1.82, 2.24) is 4.31 Å². The molecule has 120 valence electrons. The standard InChI is InChI=1S/C14H16FNO5S/c1-8(2)13(14(18)21-3)16-7-11(17)10-6-9(15)4-5-12(10)22(16,19)20/h4-6,8,13H,7H2,1-3H3/t13-/m1/s1. The summed E-state index contributed by atoms with van der Waals surface area (Å²) in [5.41, 5.74) is -0.191. The van der Waals surface area contributed by atoms with Crippen molar-refractivity contribution < 1.29 is 27.1 Å². The quantitative estimate of drug-likeness (QED) is 0.779. The summed E-state index contributed by atoms with van der Waals surface area (Å²) in [6.45, 7) is 2.79. The lowest BCUT2D eigenvalue weighted by atomic mass is 10.0. The summed E-state index contributed by atoms with van der Waals surface area (Å²) in [4.78, 5) is 23.8. The van der Waals surface area contributed by atoms with Crippen LogP contribution >= 0.6 is 0 Å². The molecule has 1 aromatic carbocycles. The number of rotatable bonds is 3. The monoisotopic (exact) mass is 329 g/mol. The van der Waals surface area contributed by atoms with Crippen LogP contribution in [0.5, 0.6) is 0 Å². The van der Waals surface area contributed by atoms with Crippen molar-refractivity contribution in [3.05, 3.63) is 29.6 Å². The first-order chi connectivity index (χ1) is 10.2. The van der Waals surface area contributed by atoms with E-state index in [4.69, 9.17) is 0 Å². The highest BCUT2D eigenvalue weighted by Gasteiger charge is 2.44. The third kappa shape index (κ3) is 2.64. The zero-order valence-electron chi connectivity index (χ0n) is 12.4. The Morgan fingerprint density at radius 3 is 2.55 bits per heavy atom. The topological polar surface area (TPSA) is 80.8 Å². The average Bonchev–Trinajstić information content (AvgIpc) is 2.44. The summed E-state index contributed by atoms with van der Waals surface area (Å²) in [6, 6.07) is 1.79. The van der Waals surface area contributed by atoms with Crippen molar-refractivity contribution in [1.29, 1.82) is 0 Å². The van der Waals surface area contributed by atoms with E-state index in [0.717, 1.165) is 29.6 Å². The summed E-state index contributed by atoms with van der Waals surface area (Å²) in [7, 11) is -2.93. The number of halogens is 1. The minimum atomic E-state index is -4.09. The van der Waals surface area contributed by atoms with Crippen LogP contribution < -0.4 is 0 Å². The fourth-order valence-electron chi connectivity index (χ4n) is 2.47. The molecule has 0 aliphatic carbocycles. The lowest BCUT2D eigenvalue weighted by Gasteiger charge is -2.34. The number of esters is 1. The third-order valence-electron chi connectivity index (χ3n) is 3.51. The molecule has 2 rings (SSSR count). The molecule has 0 fully saturated rings. The van der Waals surface area contributed by atoms with Crippen LogP contribution in [-0.2, 0) is 19.6 Å². The number of Topliss-reactive ketones (excluding diaryl/α,β-unsaturated/α-hetero) is 1. The molecular weight excluding hydrogens is 313 g/mol. The second-order valence-corrected chi connectivity index (χ2v) is 7.18. The molecule has 0 saturated heterocycles. The molecule has 8 heteroatoms. The Hall–Kier alpha value is -1.80. The van der Waals surface area contributed by atoms with Gasteiger partial charge in [-0.05, 0) is 24.1 Å². The second kappa shape index (κ2) is 5.77. The molecular formula is C14H16FNO5S. The van der Waals surface area contributed by atoms with Crippen LogP contribution in [0.1, 0.15) is 24.2 Å². The van der Waals surface area contributed by atoms with Gasteiger partial charge in [-0.1, -0.05) is 13.8 Å². The van der Waals surface area contributed by atoms with Crippen molar-refractivity contribution in [2.75, 3.05) is 13.7 Å². The molecule has 1 aliphatic rings. The van der Waals surface area contributed by atoms with Gasteiger partial charge in [0.25, 0.3) is 0 Å². The Morgan fingerprint density at radius 1 is 1.36 bits per heavy atom. The van der Waals surface area contributed by atoms with Crippen molar-refractivity contribution in [2.45, 2.75) is 24.8 Å². The van der Waals surface area contributed by atoms with Gasteiger partial charge in [0.05, 0.1) is 18.6 Å². The van der Waals surface area contributed by atoms with Gasteiger partial charge in [0.15, 0.2) is 5.78 Å². The number of hydrogen-bond acceptors (Lipinski definition) is 5. The van der Waals surface area contributed by atoms with E-state index in [1.54, 1.807) is 13.8 Å². The average molecular weight is 329 g/mol. The Kier molecular flexibility index (Phi) is 4.35. The molecule has 1 heterocycles. The highest BCUT2D eigenvalue weighted by atomic mass is 32.2. The van der Waals surface area contributed by atoms with E-state index in [-0.39, 0.29) is 10.5 Å². The van der Waals surface area contributed by atoms with Gasteiger partial charge in [-0.25, -0.2) is 12.8 Å². The number of fused-ring (bicyclic) bond motifs is 1. The van der Waals surface area contributed by atoms with Gasteiger partial charge in [0.2, 0.25) is 10.0 Å². The van der Waals surface area contributed by atoms with Gasteiger partial charge in [-0.3, -0.25) is 9.59 Å². The lowest BCUT2D eigenvalue weighted by Crippen LogP contribution is -2.52. The number of carbonyl (C=O) groups is 2. The van der Waals surface area contributed by atoms with Crippen LogP contribution in [0.4, 0.5) is 4.39 Å². The molecule has 0 spiro atoms. The summed E-state index contributed by atoms with van der Waals surface area (Å²) in [6.07, 6.45) is 0. The van der Waals surface area contributed by atoms with E-state index in [2.05, 4.69) is 4.74 Å². The van der Waals surface area contributed by atoms with Crippen molar-refractivity contribution in [3.8, 4) is 0 Å². The normalized spacial score (nSPS) is 18.9. The van der Waals surface area contributed by atoms with Gasteiger partial charge in [-0.15, -0.1) is 0 Å². The summed E-state index contributed by atoms with van der Waals surface area (Å²) < 4.78 is 44.1. The largest absolute Gasteiger partial charge is 0.468 e. The van der Waals surface area contributed by atoms with Gasteiger partial charge >= 0.3 is 5.97 Å². The Morgan fingerprint density at radius 2 is 2.00 bits per heavy atom. The predicted octanol–water partition coefficient (Wildman–Crippen LogP) is 1.21. The molecule has 0 bridgehead atoms. The molecule has 1 aromatic rings. The molecule has 0 N–H and O–H groups in total. The first-order valence-corrected chi connectivity index (χ1v) is 8.06. The number of nitrogens with zero attached hydrogens (tertiary/aromatic N) is 1. The lowest BCUT2D eigenvalue weighted by molar-refractivity contribution is -0.146. The van der Waals surface area contributed by atoms with Crippen molar-refractivity contribution >= 4 is 21.8 Å². The predicted molar refractivity (Wildman–Crippen MR) is 75.3 cm³/mol. The number of methoxy groups -OCH3 is 1. The van der Waals surface area contributed by atoms with Crippen molar-refractivity contribution in [3.63, 3.8) is 0 Å². The van der Waals surface area contributed by atoms with Gasteiger partial charge in [0.1, 0.15) is 11.9 Å². The highest BCUT2D eigenvalue weighted by Crippen LogP contribution is 2.30. The zero-order valence-corrected chi connectivity index (χ0v) is 13.2. The Bertz CT molecular complexity index is 729. The zero-order chi connectivity index (χ0) is 16.7. The van der Waals surface area contributed by atoms with E-state index in [1.807, 2.05) is 0 Å². The first kappa shape index (κ1) is 16.6. The maximum absolute atomic E-state index is 13.3. The fraction of sp³-hybridized carbons (Fsp3) is 0.429. The Balaban J connectivity index is 2.59. The van der Waals surface area contributed by atoms with Crippen LogP contribution in [-0.4, -0.2) is 44.2 Å². The summed E-state index contributed by atoms with van der Waals surface area (Å²) >= 11 is 0. The van der Waals surface area contributed by atoms with Crippen molar-refractivity contribution in [2.24, 2.45) is 5.92 Å². The number of ketones is 1. The molecule has 6 nitrogen and oxygen atoms in total. The molecule has 22 heavy (non-hydrogen) atoms. The van der Waals surface area contributed by atoms with E-state index < -0.39 is 46.1 Å². The van der Waals surface area contributed by atoms with Crippen LogP contribution in [0.3, 0.4) is 0 Å². The van der Waals surface area contributed by atoms with Gasteiger partial charge in [-0.2, -0.15) is 4.31 Å². The van der Waals surface area contributed by atoms with Crippen LogP contribution in [0, 0.1) is 11.7 Å². The highest BCUT2D eigenvalue weighted by molar-refractivity contribution is 7.89. The maximum atomic E-state index is 13.3. The summed E-state index contributed by atoms with van der Waals surface area (Å²) in [5.74, 6) is -2.38. The number of sulfonamides is 1. The number of ether oxygens (including phenoxy) is 1. The SMILES string of the molecule is COC(=O)[C@@H](C(C)C)N1CC(=O)c2cc(F)ccc2S1(=O)=O. The molecule has 0 amide bonds. The fourth-order valence-corrected chi connectivity index (χ4v) is 4.33. The van der Waals surface area contributed by atoms with Gasteiger partial charge < -0.3 is 4.74 Å². The van der Waals surface area contributed by atoms with E-state index in [1.165, 1.54) is 0 Å². The van der Waals surface area contributed by atoms with Crippen LogP contribution in [0.15, 0.2) is 23.1 Å². The van der Waals surface area contributed by atoms with Crippen LogP contribution in [0.25, 0.3) is 0 Å². The van der Waals surface area contributed by atoms with E-state index in [0.29, 0.717) is 0 Å². The number of hydrogen-bond donors (Lipinski definition) is 0. The first-order valence-electron chi connectivity index (χ1n) is 6.62. The van der Waals surface area contributed by atoms with E-state index in [9.17, 15) is 22.4 Å². The molecule has 0 saturated carbocycles. The molecule has 0 aromatic heterocycles. The minimum absolute atomic E-state index is 0.191. The van der Waals surface area contributed by atoms with Gasteiger partial charge in [0, 0.05) is 5.56 Å². The summed E-state index contributed by atoms with van der Waals surface area (Å²) in [5, 5.41) is 0. The molecule has 0 unspecified atom stereocenters. The second-order valence-electron chi connectivity index (χ2n) is 5.33. The smallest absolute Gasteiger partial charge is 0.324 e. The van der Waals surface area contributed by atoms with Crippen LogP contribution in [0.2, 0.25) is 0 Å². The Labute approximate surface area is 127 Å². The molecule has 1 atom stereocenters.